The lowest BCUT2D eigenvalue weighted by Gasteiger charge is -2.29. The van der Waals surface area contributed by atoms with Gasteiger partial charge in [0.15, 0.2) is 0 Å². The fourth-order valence-electron chi connectivity index (χ4n) is 2.63. The predicted molar refractivity (Wildman–Crippen MR) is 84.5 cm³/mol. The number of amides is 1. The average Bonchev–Trinajstić information content (AvgIpc) is 2.42. The van der Waals surface area contributed by atoms with E-state index in [0.717, 1.165) is 6.42 Å². The fraction of sp³-hybridized carbons (Fsp3) is 0.533. The number of halogens is 2. The van der Waals surface area contributed by atoms with Gasteiger partial charge in [0, 0.05) is 11.1 Å². The van der Waals surface area contributed by atoms with Crippen LogP contribution in [0.3, 0.4) is 0 Å². The van der Waals surface area contributed by atoms with Crippen LogP contribution in [-0.4, -0.2) is 18.5 Å². The van der Waals surface area contributed by atoms with Crippen molar-refractivity contribution in [2.24, 2.45) is 5.92 Å². The van der Waals surface area contributed by atoms with Crippen molar-refractivity contribution >= 4 is 34.8 Å². The molecule has 2 atom stereocenters. The number of benzene rings is 1. The summed E-state index contributed by atoms with van der Waals surface area (Å²) >= 11 is 11.9. The van der Waals surface area contributed by atoms with E-state index in [0.29, 0.717) is 34.2 Å². The fourth-order valence-corrected chi connectivity index (χ4v) is 2.97. The molecule has 0 aliphatic heterocycles. The molecule has 0 unspecified atom stereocenters. The number of rotatable bonds is 4. The third-order valence-corrected chi connectivity index (χ3v) is 4.40. The molecule has 1 aliphatic carbocycles. The molecular formula is C15H20Cl2N2O. The van der Waals surface area contributed by atoms with Crippen LogP contribution >= 0.6 is 23.2 Å². The largest absolute Gasteiger partial charge is 0.324 e. The number of carbonyl (C=O) groups is 1. The maximum atomic E-state index is 11.9. The van der Waals surface area contributed by atoms with Gasteiger partial charge in [-0.25, -0.2) is 0 Å². The zero-order chi connectivity index (χ0) is 14.5. The molecule has 5 heteroatoms. The second kappa shape index (κ2) is 7.30. The quantitative estimate of drug-likeness (QED) is 0.878. The summed E-state index contributed by atoms with van der Waals surface area (Å²) in [5.74, 6) is 0.540. The molecule has 1 aromatic carbocycles. The van der Waals surface area contributed by atoms with Crippen molar-refractivity contribution in [1.29, 1.82) is 0 Å². The van der Waals surface area contributed by atoms with Crippen molar-refractivity contribution in [3.05, 3.63) is 28.2 Å². The summed E-state index contributed by atoms with van der Waals surface area (Å²) in [4.78, 5) is 11.9. The van der Waals surface area contributed by atoms with Crippen LogP contribution in [0, 0.1) is 5.92 Å². The number of anilines is 1. The molecule has 0 spiro atoms. The SMILES string of the molecule is C[C@H]1CCCC[C@@H]1NCC(=O)Nc1cc(Cl)ccc1Cl. The highest BCUT2D eigenvalue weighted by Crippen LogP contribution is 2.26. The Kier molecular flexibility index (Phi) is 5.70. The molecule has 2 N–H and O–H groups in total. The Balaban J connectivity index is 1.84. The van der Waals surface area contributed by atoms with E-state index in [1.165, 1.54) is 19.3 Å². The molecule has 0 bridgehead atoms. The zero-order valence-electron chi connectivity index (χ0n) is 11.6. The highest BCUT2D eigenvalue weighted by atomic mass is 35.5. The van der Waals surface area contributed by atoms with Gasteiger partial charge in [-0.15, -0.1) is 0 Å². The van der Waals surface area contributed by atoms with Crippen molar-refractivity contribution < 1.29 is 4.79 Å². The van der Waals surface area contributed by atoms with Gasteiger partial charge >= 0.3 is 0 Å². The first kappa shape index (κ1) is 15.6. The number of hydrogen-bond donors (Lipinski definition) is 2. The van der Waals surface area contributed by atoms with Gasteiger partial charge in [0.1, 0.15) is 0 Å². The van der Waals surface area contributed by atoms with Crippen molar-refractivity contribution in [3.63, 3.8) is 0 Å². The number of carbonyl (C=O) groups excluding carboxylic acids is 1. The zero-order valence-corrected chi connectivity index (χ0v) is 13.1. The molecular weight excluding hydrogens is 295 g/mol. The van der Waals surface area contributed by atoms with E-state index in [-0.39, 0.29) is 5.91 Å². The van der Waals surface area contributed by atoms with Gasteiger partial charge < -0.3 is 10.6 Å². The van der Waals surface area contributed by atoms with Crippen molar-refractivity contribution in [2.75, 3.05) is 11.9 Å². The lowest BCUT2D eigenvalue weighted by molar-refractivity contribution is -0.115. The summed E-state index contributed by atoms with van der Waals surface area (Å²) in [5.41, 5.74) is 0.558. The molecule has 1 amide bonds. The van der Waals surface area contributed by atoms with Crippen molar-refractivity contribution in [2.45, 2.75) is 38.6 Å². The molecule has 0 radical (unpaired) electrons. The molecule has 0 saturated heterocycles. The Morgan fingerprint density at radius 3 is 2.80 bits per heavy atom. The average molecular weight is 315 g/mol. The van der Waals surface area contributed by atoms with Crippen LogP contribution in [0.25, 0.3) is 0 Å². The maximum Gasteiger partial charge on any atom is 0.238 e. The van der Waals surface area contributed by atoms with Gasteiger partial charge in [-0.3, -0.25) is 4.79 Å². The van der Waals surface area contributed by atoms with Gasteiger partial charge in [-0.2, -0.15) is 0 Å². The minimum absolute atomic E-state index is 0.0908. The Morgan fingerprint density at radius 2 is 2.05 bits per heavy atom. The van der Waals surface area contributed by atoms with Crippen LogP contribution in [0.2, 0.25) is 10.0 Å². The van der Waals surface area contributed by atoms with Gasteiger partial charge in [-0.1, -0.05) is 43.0 Å². The molecule has 1 aromatic rings. The summed E-state index contributed by atoms with van der Waals surface area (Å²) < 4.78 is 0. The summed E-state index contributed by atoms with van der Waals surface area (Å²) in [6.07, 6.45) is 4.92. The molecule has 20 heavy (non-hydrogen) atoms. The highest BCUT2D eigenvalue weighted by Gasteiger charge is 2.21. The molecule has 0 heterocycles. The molecule has 0 aromatic heterocycles. The molecule has 3 nitrogen and oxygen atoms in total. The van der Waals surface area contributed by atoms with E-state index in [4.69, 9.17) is 23.2 Å². The summed E-state index contributed by atoms with van der Waals surface area (Å²) in [6.45, 7) is 2.54. The van der Waals surface area contributed by atoms with Gasteiger partial charge in [-0.05, 0) is 37.0 Å². The van der Waals surface area contributed by atoms with Crippen LogP contribution in [0.5, 0.6) is 0 Å². The Hall–Kier alpha value is -0.770. The van der Waals surface area contributed by atoms with E-state index in [9.17, 15) is 4.79 Å². The van der Waals surface area contributed by atoms with Crippen LogP contribution in [0.4, 0.5) is 5.69 Å². The standard InChI is InChI=1S/C15H20Cl2N2O/c1-10-4-2-3-5-13(10)18-9-15(20)19-14-8-11(16)6-7-12(14)17/h6-8,10,13,18H,2-5,9H2,1H3,(H,19,20)/t10-,13-/m0/s1. The highest BCUT2D eigenvalue weighted by molar-refractivity contribution is 6.35. The van der Waals surface area contributed by atoms with Crippen molar-refractivity contribution in [3.8, 4) is 0 Å². The number of hydrogen-bond acceptors (Lipinski definition) is 2. The third kappa shape index (κ3) is 4.37. The molecule has 1 saturated carbocycles. The minimum Gasteiger partial charge on any atom is -0.324 e. The summed E-state index contributed by atoms with van der Waals surface area (Å²) in [6, 6.07) is 5.46. The normalized spacial score (nSPS) is 22.6. The van der Waals surface area contributed by atoms with Gasteiger partial charge in [0.25, 0.3) is 0 Å². The Labute approximate surface area is 130 Å². The van der Waals surface area contributed by atoms with Gasteiger partial charge in [0.2, 0.25) is 5.91 Å². The molecule has 1 fully saturated rings. The smallest absolute Gasteiger partial charge is 0.238 e. The third-order valence-electron chi connectivity index (χ3n) is 3.84. The maximum absolute atomic E-state index is 11.9. The topological polar surface area (TPSA) is 41.1 Å². The second-order valence-electron chi connectivity index (χ2n) is 5.42. The summed E-state index contributed by atoms with van der Waals surface area (Å²) in [5, 5.41) is 7.17. The van der Waals surface area contributed by atoms with E-state index < -0.39 is 0 Å². The van der Waals surface area contributed by atoms with Crippen molar-refractivity contribution in [1.82, 2.24) is 5.32 Å². The first-order valence-electron chi connectivity index (χ1n) is 7.04. The number of nitrogens with one attached hydrogen (secondary N) is 2. The Morgan fingerprint density at radius 1 is 1.30 bits per heavy atom. The molecule has 110 valence electrons. The minimum atomic E-state index is -0.0908. The summed E-state index contributed by atoms with van der Waals surface area (Å²) in [7, 11) is 0. The van der Waals surface area contributed by atoms with E-state index in [1.54, 1.807) is 18.2 Å². The molecule has 1 aliphatic rings. The lowest BCUT2D eigenvalue weighted by Crippen LogP contribution is -2.41. The Bertz CT molecular complexity index is 479. The van der Waals surface area contributed by atoms with Crippen LogP contribution < -0.4 is 10.6 Å². The lowest BCUT2D eigenvalue weighted by atomic mass is 9.86. The van der Waals surface area contributed by atoms with Gasteiger partial charge in [0.05, 0.1) is 17.3 Å². The van der Waals surface area contributed by atoms with E-state index in [1.807, 2.05) is 0 Å². The van der Waals surface area contributed by atoms with E-state index in [2.05, 4.69) is 17.6 Å². The monoisotopic (exact) mass is 314 g/mol. The second-order valence-corrected chi connectivity index (χ2v) is 6.27. The molecule has 2 rings (SSSR count). The predicted octanol–water partition coefficient (Wildman–Crippen LogP) is 4.10. The van der Waals surface area contributed by atoms with Crippen LogP contribution in [0.15, 0.2) is 18.2 Å². The first-order valence-corrected chi connectivity index (χ1v) is 7.80. The van der Waals surface area contributed by atoms with Crippen LogP contribution in [0.1, 0.15) is 32.6 Å². The van der Waals surface area contributed by atoms with Crippen LogP contribution in [-0.2, 0) is 4.79 Å². The van der Waals surface area contributed by atoms with E-state index >= 15 is 0 Å². The first-order chi connectivity index (χ1) is 9.56.